The monoisotopic (exact) mass is 325 g/mol. The van der Waals surface area contributed by atoms with E-state index >= 15 is 0 Å². The Morgan fingerprint density at radius 2 is 1.74 bits per heavy atom. The second kappa shape index (κ2) is 7.33. The molecule has 0 radical (unpaired) electrons. The van der Waals surface area contributed by atoms with Crippen molar-refractivity contribution in [3.05, 3.63) is 60.2 Å². The van der Waals surface area contributed by atoms with E-state index < -0.39 is 0 Å². The molecule has 3 rings (SSSR count). The maximum absolute atomic E-state index is 5.22. The summed E-state index contributed by atoms with van der Waals surface area (Å²) in [5.41, 5.74) is 2.36. The Balaban J connectivity index is 1.87. The molecular weight excluding hydrogens is 306 g/mol. The van der Waals surface area contributed by atoms with E-state index in [0.717, 1.165) is 35.3 Å². The van der Waals surface area contributed by atoms with Gasteiger partial charge in [-0.3, -0.25) is 0 Å². The number of hydrogen-bond donors (Lipinski definition) is 0. The summed E-state index contributed by atoms with van der Waals surface area (Å²) in [6.07, 6.45) is 2.98. The summed E-state index contributed by atoms with van der Waals surface area (Å²) < 4.78 is 7.40. The zero-order chi connectivity index (χ0) is 16.1. The fraction of sp³-hybridized carbons (Fsp3) is 0.222. The number of rotatable bonds is 6. The van der Waals surface area contributed by atoms with Crippen LogP contribution in [0.25, 0.3) is 11.4 Å². The third kappa shape index (κ3) is 3.56. The first-order chi connectivity index (χ1) is 11.3. The maximum Gasteiger partial charge on any atom is 0.191 e. The van der Waals surface area contributed by atoms with Gasteiger partial charge in [-0.05, 0) is 42.5 Å². The molecule has 0 saturated heterocycles. The van der Waals surface area contributed by atoms with Crippen LogP contribution >= 0.6 is 11.8 Å². The van der Waals surface area contributed by atoms with Gasteiger partial charge in [0.1, 0.15) is 5.75 Å². The van der Waals surface area contributed by atoms with Crippen LogP contribution < -0.4 is 4.74 Å². The van der Waals surface area contributed by atoms with E-state index in [-0.39, 0.29) is 0 Å². The molecular formula is C18H19N3OS. The van der Waals surface area contributed by atoms with Crippen LogP contribution in [0, 0.1) is 0 Å². The van der Waals surface area contributed by atoms with Crippen LogP contribution in [0.1, 0.15) is 5.56 Å². The average molecular weight is 325 g/mol. The Bertz CT molecular complexity index is 754. The molecule has 23 heavy (non-hydrogen) atoms. The third-order valence-corrected chi connectivity index (χ3v) is 4.38. The fourth-order valence-corrected chi connectivity index (χ4v) is 3.00. The SMILES string of the molecule is COc1ccc(-c2nnc(SC)n2CCc2ccccc2)cc1. The van der Waals surface area contributed by atoms with Crippen molar-refractivity contribution in [2.45, 2.75) is 18.1 Å². The number of nitrogens with zero attached hydrogens (tertiary/aromatic N) is 3. The Hall–Kier alpha value is -2.27. The first-order valence-corrected chi connectivity index (χ1v) is 8.70. The van der Waals surface area contributed by atoms with Gasteiger partial charge < -0.3 is 9.30 Å². The lowest BCUT2D eigenvalue weighted by Crippen LogP contribution is -2.05. The van der Waals surface area contributed by atoms with Crippen LogP contribution in [0.4, 0.5) is 0 Å². The number of hydrogen-bond acceptors (Lipinski definition) is 4. The molecule has 1 aromatic heterocycles. The number of aryl methyl sites for hydroxylation is 1. The van der Waals surface area contributed by atoms with Crippen LogP contribution in [0.15, 0.2) is 59.8 Å². The summed E-state index contributed by atoms with van der Waals surface area (Å²) in [5, 5.41) is 9.62. The first kappa shape index (κ1) is 15.6. The number of ether oxygens (including phenoxy) is 1. The fourth-order valence-electron chi connectivity index (χ4n) is 2.48. The molecule has 0 aliphatic rings. The minimum Gasteiger partial charge on any atom is -0.497 e. The molecule has 0 unspecified atom stereocenters. The van der Waals surface area contributed by atoms with Crippen LogP contribution in [0.3, 0.4) is 0 Å². The molecule has 0 aliphatic carbocycles. The predicted octanol–water partition coefficient (Wildman–Crippen LogP) is 3.92. The molecule has 5 heteroatoms. The van der Waals surface area contributed by atoms with E-state index in [2.05, 4.69) is 39.0 Å². The van der Waals surface area contributed by atoms with E-state index in [1.165, 1.54) is 5.56 Å². The largest absolute Gasteiger partial charge is 0.497 e. The molecule has 0 spiro atoms. The van der Waals surface area contributed by atoms with Gasteiger partial charge in [0.25, 0.3) is 0 Å². The van der Waals surface area contributed by atoms with Crippen LogP contribution in [-0.2, 0) is 13.0 Å². The highest BCUT2D eigenvalue weighted by molar-refractivity contribution is 7.98. The van der Waals surface area contributed by atoms with Gasteiger partial charge in [0, 0.05) is 12.1 Å². The van der Waals surface area contributed by atoms with Gasteiger partial charge in [-0.15, -0.1) is 10.2 Å². The molecule has 2 aromatic carbocycles. The highest BCUT2D eigenvalue weighted by Gasteiger charge is 2.13. The zero-order valence-electron chi connectivity index (χ0n) is 13.3. The van der Waals surface area contributed by atoms with Crippen molar-refractivity contribution in [2.75, 3.05) is 13.4 Å². The number of aromatic nitrogens is 3. The van der Waals surface area contributed by atoms with Crippen LogP contribution in [0.5, 0.6) is 5.75 Å². The molecule has 0 atom stereocenters. The molecule has 118 valence electrons. The quantitative estimate of drug-likeness (QED) is 0.644. The summed E-state index contributed by atoms with van der Waals surface area (Å²) in [7, 11) is 1.67. The number of thioether (sulfide) groups is 1. The standard InChI is InChI=1S/C18H19N3OS/c1-22-16-10-8-15(9-11-16)17-19-20-18(23-2)21(17)13-12-14-6-4-3-5-7-14/h3-11H,12-13H2,1-2H3. The first-order valence-electron chi connectivity index (χ1n) is 7.47. The Labute approximate surface area is 140 Å². The van der Waals surface area contributed by atoms with Crippen molar-refractivity contribution >= 4 is 11.8 Å². The topological polar surface area (TPSA) is 39.9 Å². The zero-order valence-corrected chi connectivity index (χ0v) is 14.1. The molecule has 0 amide bonds. The lowest BCUT2D eigenvalue weighted by atomic mass is 10.1. The van der Waals surface area contributed by atoms with Gasteiger partial charge in [0.2, 0.25) is 0 Å². The van der Waals surface area contributed by atoms with Crippen molar-refractivity contribution in [2.24, 2.45) is 0 Å². The summed E-state index contributed by atoms with van der Waals surface area (Å²) in [4.78, 5) is 0. The van der Waals surface area contributed by atoms with Crippen molar-refractivity contribution in [3.8, 4) is 17.1 Å². The van der Waals surface area contributed by atoms with Crippen LogP contribution in [-0.4, -0.2) is 28.1 Å². The van der Waals surface area contributed by atoms with Crippen LogP contribution in [0.2, 0.25) is 0 Å². The molecule has 0 bridgehead atoms. The number of benzene rings is 2. The van der Waals surface area contributed by atoms with Gasteiger partial charge >= 0.3 is 0 Å². The molecule has 4 nitrogen and oxygen atoms in total. The van der Waals surface area contributed by atoms with Gasteiger partial charge in [0.05, 0.1) is 7.11 Å². The average Bonchev–Trinajstić information content (AvgIpc) is 3.04. The maximum atomic E-state index is 5.22. The highest BCUT2D eigenvalue weighted by Crippen LogP contribution is 2.25. The van der Waals surface area contributed by atoms with Gasteiger partial charge in [-0.1, -0.05) is 42.1 Å². The smallest absolute Gasteiger partial charge is 0.191 e. The normalized spacial score (nSPS) is 10.7. The summed E-state index contributed by atoms with van der Waals surface area (Å²) in [5.74, 6) is 1.74. The van der Waals surface area contributed by atoms with E-state index in [4.69, 9.17) is 4.74 Å². The Morgan fingerprint density at radius 3 is 2.39 bits per heavy atom. The van der Waals surface area contributed by atoms with Gasteiger partial charge in [-0.25, -0.2) is 0 Å². The van der Waals surface area contributed by atoms with Gasteiger partial charge in [0.15, 0.2) is 11.0 Å². The van der Waals surface area contributed by atoms with E-state index in [0.29, 0.717) is 0 Å². The number of methoxy groups -OCH3 is 1. The van der Waals surface area contributed by atoms with Gasteiger partial charge in [-0.2, -0.15) is 0 Å². The summed E-state index contributed by atoms with van der Waals surface area (Å²) in [6.45, 7) is 0.856. The highest BCUT2D eigenvalue weighted by atomic mass is 32.2. The van der Waals surface area contributed by atoms with E-state index in [9.17, 15) is 0 Å². The lowest BCUT2D eigenvalue weighted by molar-refractivity contribution is 0.415. The Morgan fingerprint density at radius 1 is 1.00 bits per heavy atom. The van der Waals surface area contributed by atoms with Crippen molar-refractivity contribution < 1.29 is 4.74 Å². The molecule has 0 fully saturated rings. The second-order valence-electron chi connectivity index (χ2n) is 5.13. The predicted molar refractivity (Wildman–Crippen MR) is 93.9 cm³/mol. The summed E-state index contributed by atoms with van der Waals surface area (Å²) in [6, 6.07) is 18.4. The van der Waals surface area contributed by atoms with Crippen molar-refractivity contribution in [1.82, 2.24) is 14.8 Å². The Kier molecular flexibility index (Phi) is 4.98. The molecule has 3 aromatic rings. The minimum absolute atomic E-state index is 0.842. The third-order valence-electron chi connectivity index (χ3n) is 3.71. The summed E-state index contributed by atoms with van der Waals surface area (Å²) >= 11 is 1.62. The second-order valence-corrected chi connectivity index (χ2v) is 5.90. The molecule has 0 aliphatic heterocycles. The van der Waals surface area contributed by atoms with Crippen molar-refractivity contribution in [1.29, 1.82) is 0 Å². The molecule has 0 N–H and O–H groups in total. The van der Waals surface area contributed by atoms with E-state index in [1.54, 1.807) is 18.9 Å². The molecule has 0 saturated carbocycles. The molecule has 1 heterocycles. The van der Waals surface area contributed by atoms with Crippen molar-refractivity contribution in [3.63, 3.8) is 0 Å². The van der Waals surface area contributed by atoms with E-state index in [1.807, 2.05) is 36.6 Å². The lowest BCUT2D eigenvalue weighted by Gasteiger charge is -2.10. The minimum atomic E-state index is 0.842.